The molecule has 2 aromatic rings. The Hall–Kier alpha value is -2.21. The number of carbonyl (C=O) groups excluding carboxylic acids is 2. The second-order valence-corrected chi connectivity index (χ2v) is 6.62. The minimum absolute atomic E-state index is 0.0669. The predicted octanol–water partition coefficient (Wildman–Crippen LogP) is 3.87. The molecule has 1 fully saturated rings. The maximum atomic E-state index is 13.1. The summed E-state index contributed by atoms with van der Waals surface area (Å²) in [7, 11) is 0. The molecule has 1 aliphatic carbocycles. The number of carbonyl (C=O) groups is 2. The molecule has 0 heterocycles. The molecule has 0 aliphatic heterocycles. The molecule has 0 radical (unpaired) electrons. The lowest BCUT2D eigenvalue weighted by atomic mass is 10.1. The van der Waals surface area contributed by atoms with Crippen LogP contribution in [0.3, 0.4) is 0 Å². The van der Waals surface area contributed by atoms with Crippen molar-refractivity contribution in [1.29, 1.82) is 0 Å². The monoisotopic (exact) mass is 390 g/mol. The van der Waals surface area contributed by atoms with E-state index in [0.717, 1.165) is 24.1 Å². The zero-order valence-corrected chi connectivity index (χ0v) is 14.4. The third kappa shape index (κ3) is 4.20. The van der Waals surface area contributed by atoms with Crippen LogP contribution in [0.1, 0.15) is 28.8 Å². The van der Waals surface area contributed by atoms with E-state index in [0.29, 0.717) is 16.6 Å². The lowest BCUT2D eigenvalue weighted by Crippen LogP contribution is -2.23. The summed E-state index contributed by atoms with van der Waals surface area (Å²) in [5.74, 6) is -0.453. The maximum Gasteiger partial charge on any atom is 0.252 e. The fraction of sp³-hybridized carbons (Fsp3) is 0.222. The van der Waals surface area contributed by atoms with Crippen LogP contribution in [-0.4, -0.2) is 11.8 Å². The van der Waals surface area contributed by atoms with Crippen molar-refractivity contribution in [3.05, 3.63) is 63.9 Å². The summed E-state index contributed by atoms with van der Waals surface area (Å²) in [6.45, 7) is 0.347. The molecule has 0 unspecified atom stereocenters. The third-order valence-electron chi connectivity index (χ3n) is 3.80. The van der Waals surface area contributed by atoms with Gasteiger partial charge in [-0.2, -0.15) is 0 Å². The number of rotatable bonds is 5. The number of hydrogen-bond donors (Lipinski definition) is 2. The summed E-state index contributed by atoms with van der Waals surface area (Å²) in [5, 5.41) is 5.65. The van der Waals surface area contributed by atoms with Gasteiger partial charge in [0.05, 0.1) is 5.56 Å². The Kier molecular flexibility index (Phi) is 4.94. The molecule has 1 saturated carbocycles. The van der Waals surface area contributed by atoms with Gasteiger partial charge in [0.2, 0.25) is 5.91 Å². The molecule has 0 aromatic heterocycles. The fourth-order valence-electron chi connectivity index (χ4n) is 2.25. The second kappa shape index (κ2) is 7.13. The lowest BCUT2D eigenvalue weighted by Gasteiger charge is -2.09. The van der Waals surface area contributed by atoms with E-state index in [1.54, 1.807) is 0 Å². The molecule has 0 saturated heterocycles. The van der Waals surface area contributed by atoms with E-state index in [1.807, 2.05) is 24.3 Å². The Morgan fingerprint density at radius 1 is 1.12 bits per heavy atom. The van der Waals surface area contributed by atoms with Gasteiger partial charge in [0.15, 0.2) is 0 Å². The zero-order chi connectivity index (χ0) is 17.1. The Morgan fingerprint density at radius 2 is 1.83 bits per heavy atom. The minimum atomic E-state index is -0.401. The molecule has 0 atom stereocenters. The van der Waals surface area contributed by atoms with E-state index in [2.05, 4.69) is 26.6 Å². The third-order valence-corrected chi connectivity index (χ3v) is 4.45. The summed E-state index contributed by atoms with van der Waals surface area (Å²) >= 11 is 3.18. The van der Waals surface area contributed by atoms with Gasteiger partial charge in [-0.05, 0) is 64.7 Å². The minimum Gasteiger partial charge on any atom is -0.348 e. The van der Waals surface area contributed by atoms with Gasteiger partial charge in [-0.25, -0.2) is 4.39 Å². The van der Waals surface area contributed by atoms with Crippen molar-refractivity contribution in [3.63, 3.8) is 0 Å². The molecule has 2 aromatic carbocycles. The number of amides is 2. The van der Waals surface area contributed by atoms with Crippen LogP contribution < -0.4 is 10.6 Å². The first-order valence-corrected chi connectivity index (χ1v) is 8.45. The lowest BCUT2D eigenvalue weighted by molar-refractivity contribution is -0.117. The van der Waals surface area contributed by atoms with E-state index < -0.39 is 5.82 Å². The van der Waals surface area contributed by atoms with Crippen molar-refractivity contribution in [1.82, 2.24) is 5.32 Å². The molecule has 0 spiro atoms. The van der Waals surface area contributed by atoms with Crippen LogP contribution in [0.4, 0.5) is 10.1 Å². The van der Waals surface area contributed by atoms with Crippen molar-refractivity contribution in [2.75, 3.05) is 5.32 Å². The Labute approximate surface area is 147 Å². The first-order chi connectivity index (χ1) is 11.5. The first-order valence-electron chi connectivity index (χ1n) is 7.66. The molecule has 124 valence electrons. The van der Waals surface area contributed by atoms with Crippen molar-refractivity contribution in [3.8, 4) is 0 Å². The van der Waals surface area contributed by atoms with Crippen molar-refractivity contribution in [2.45, 2.75) is 19.4 Å². The Morgan fingerprint density at radius 3 is 2.46 bits per heavy atom. The smallest absolute Gasteiger partial charge is 0.252 e. The molecule has 3 rings (SSSR count). The SMILES string of the molecule is O=C(NCc1ccc(NC(=O)C2CC2)cc1)c1ccc(F)cc1Br. The van der Waals surface area contributed by atoms with E-state index in [-0.39, 0.29) is 17.7 Å². The summed E-state index contributed by atoms with van der Waals surface area (Å²) in [6.07, 6.45) is 1.93. The number of nitrogens with one attached hydrogen (secondary N) is 2. The molecular weight excluding hydrogens is 375 g/mol. The summed E-state index contributed by atoms with van der Waals surface area (Å²) in [5.41, 5.74) is 2.04. The summed E-state index contributed by atoms with van der Waals surface area (Å²) < 4.78 is 13.5. The highest BCUT2D eigenvalue weighted by Crippen LogP contribution is 2.30. The number of anilines is 1. The maximum absolute atomic E-state index is 13.1. The van der Waals surface area contributed by atoms with Gasteiger partial charge >= 0.3 is 0 Å². The topological polar surface area (TPSA) is 58.2 Å². The second-order valence-electron chi connectivity index (χ2n) is 5.77. The van der Waals surface area contributed by atoms with Gasteiger partial charge in [0, 0.05) is 22.6 Å². The van der Waals surface area contributed by atoms with E-state index in [1.165, 1.54) is 18.2 Å². The molecule has 4 nitrogen and oxygen atoms in total. The van der Waals surface area contributed by atoms with Gasteiger partial charge in [-0.15, -0.1) is 0 Å². The summed E-state index contributed by atoms with van der Waals surface area (Å²) in [6, 6.07) is 11.3. The first kappa shape index (κ1) is 16.6. The van der Waals surface area contributed by atoms with Crippen LogP contribution in [-0.2, 0) is 11.3 Å². The van der Waals surface area contributed by atoms with Gasteiger partial charge < -0.3 is 10.6 Å². The summed E-state index contributed by atoms with van der Waals surface area (Å²) in [4.78, 5) is 23.8. The molecule has 24 heavy (non-hydrogen) atoms. The molecule has 6 heteroatoms. The normalized spacial score (nSPS) is 13.4. The predicted molar refractivity (Wildman–Crippen MR) is 93.1 cm³/mol. The molecular formula is C18H16BrFN2O2. The highest BCUT2D eigenvalue weighted by molar-refractivity contribution is 9.10. The van der Waals surface area contributed by atoms with Crippen molar-refractivity contribution in [2.24, 2.45) is 5.92 Å². The van der Waals surface area contributed by atoms with Gasteiger partial charge in [0.25, 0.3) is 5.91 Å². The van der Waals surface area contributed by atoms with Crippen LogP contribution in [0, 0.1) is 11.7 Å². The van der Waals surface area contributed by atoms with Crippen molar-refractivity contribution < 1.29 is 14.0 Å². The molecule has 2 amide bonds. The standard InChI is InChI=1S/C18H16BrFN2O2/c19-16-9-13(20)5-8-15(16)18(24)21-10-11-1-6-14(7-2-11)22-17(23)12-3-4-12/h1-2,5-9,12H,3-4,10H2,(H,21,24)(H,22,23). The number of halogens is 2. The number of benzene rings is 2. The zero-order valence-electron chi connectivity index (χ0n) is 12.8. The van der Waals surface area contributed by atoms with Crippen LogP contribution in [0.15, 0.2) is 46.9 Å². The fourth-order valence-corrected chi connectivity index (χ4v) is 2.78. The Bertz CT molecular complexity index is 773. The van der Waals surface area contributed by atoms with Gasteiger partial charge in [-0.1, -0.05) is 12.1 Å². The van der Waals surface area contributed by atoms with Gasteiger partial charge in [-0.3, -0.25) is 9.59 Å². The number of hydrogen-bond acceptors (Lipinski definition) is 2. The van der Waals surface area contributed by atoms with E-state index in [4.69, 9.17) is 0 Å². The van der Waals surface area contributed by atoms with Crippen molar-refractivity contribution >= 4 is 33.4 Å². The van der Waals surface area contributed by atoms with Gasteiger partial charge in [0.1, 0.15) is 5.82 Å². The average molecular weight is 391 g/mol. The van der Waals surface area contributed by atoms with Crippen LogP contribution in [0.5, 0.6) is 0 Å². The van der Waals surface area contributed by atoms with Crippen LogP contribution >= 0.6 is 15.9 Å². The van der Waals surface area contributed by atoms with E-state index in [9.17, 15) is 14.0 Å². The largest absolute Gasteiger partial charge is 0.348 e. The molecule has 1 aliphatic rings. The van der Waals surface area contributed by atoms with Crippen LogP contribution in [0.25, 0.3) is 0 Å². The quantitative estimate of drug-likeness (QED) is 0.813. The average Bonchev–Trinajstić information content (AvgIpc) is 3.39. The Balaban J connectivity index is 1.56. The van der Waals surface area contributed by atoms with Crippen LogP contribution in [0.2, 0.25) is 0 Å². The highest BCUT2D eigenvalue weighted by Gasteiger charge is 2.29. The molecule has 2 N–H and O–H groups in total. The molecule has 0 bridgehead atoms. The van der Waals surface area contributed by atoms with E-state index >= 15 is 0 Å². The highest BCUT2D eigenvalue weighted by atomic mass is 79.9.